The lowest BCUT2D eigenvalue weighted by atomic mass is 9.99. The van der Waals surface area contributed by atoms with Crippen LogP contribution in [0.5, 0.6) is 0 Å². The molecule has 0 unspecified atom stereocenters. The van der Waals surface area contributed by atoms with Gasteiger partial charge in [0, 0.05) is 29.3 Å². The number of rotatable bonds is 5. The zero-order valence-corrected chi connectivity index (χ0v) is 15.1. The van der Waals surface area contributed by atoms with E-state index in [2.05, 4.69) is 6.08 Å². The molecule has 2 aromatic heterocycles. The lowest BCUT2D eigenvalue weighted by molar-refractivity contribution is 0.0990. The lowest BCUT2D eigenvalue weighted by Crippen LogP contribution is -2.11. The fourth-order valence-corrected chi connectivity index (χ4v) is 3.44. The first-order chi connectivity index (χ1) is 13.2. The molecule has 4 heteroatoms. The standard InChI is InChI=1S/C23H21NO3/c25-22(14-17-6-5-12-27-13-10-17)19-15-20-9-4-11-24(20)21(16-19)23(26)18-7-2-1-3-8-18/h1-4,6-9,11,15-16H,5,10,12-14H2. The predicted molar refractivity (Wildman–Crippen MR) is 104 cm³/mol. The monoisotopic (exact) mass is 359 g/mol. The fourth-order valence-electron chi connectivity index (χ4n) is 3.44. The zero-order valence-electron chi connectivity index (χ0n) is 15.1. The summed E-state index contributed by atoms with van der Waals surface area (Å²) in [6.45, 7) is 1.37. The summed E-state index contributed by atoms with van der Waals surface area (Å²) in [4.78, 5) is 25.9. The Labute approximate surface area is 158 Å². The van der Waals surface area contributed by atoms with E-state index in [4.69, 9.17) is 4.74 Å². The Morgan fingerprint density at radius 3 is 2.67 bits per heavy atom. The van der Waals surface area contributed by atoms with Crippen molar-refractivity contribution >= 4 is 17.1 Å². The first-order valence-corrected chi connectivity index (χ1v) is 9.22. The van der Waals surface area contributed by atoms with Crippen molar-refractivity contribution in [2.45, 2.75) is 19.3 Å². The number of aromatic nitrogens is 1. The Kier molecular flexibility index (Phi) is 4.99. The van der Waals surface area contributed by atoms with Crippen molar-refractivity contribution in [3.63, 3.8) is 0 Å². The van der Waals surface area contributed by atoms with Gasteiger partial charge in [0.2, 0.25) is 5.78 Å². The summed E-state index contributed by atoms with van der Waals surface area (Å²) in [7, 11) is 0. The number of carbonyl (C=O) groups is 2. The molecule has 4 rings (SSSR count). The van der Waals surface area contributed by atoms with Gasteiger partial charge in [-0.25, -0.2) is 0 Å². The zero-order chi connectivity index (χ0) is 18.6. The Bertz CT molecular complexity index is 1010. The minimum atomic E-state index is -0.0893. The van der Waals surface area contributed by atoms with Gasteiger partial charge in [0.05, 0.1) is 18.9 Å². The van der Waals surface area contributed by atoms with Gasteiger partial charge in [0.15, 0.2) is 5.78 Å². The molecule has 0 spiro atoms. The van der Waals surface area contributed by atoms with Gasteiger partial charge in [-0.2, -0.15) is 0 Å². The SMILES string of the molecule is O=C(CC1=CCCOCC1)c1cc(C(=O)c2ccccc2)n2cccc2c1. The van der Waals surface area contributed by atoms with Crippen LogP contribution >= 0.6 is 0 Å². The third-order valence-corrected chi connectivity index (χ3v) is 4.88. The summed E-state index contributed by atoms with van der Waals surface area (Å²) in [5.41, 5.74) is 3.65. The minimum absolute atomic E-state index is 0.0361. The number of fused-ring (bicyclic) bond motifs is 1. The van der Waals surface area contributed by atoms with Crippen LogP contribution in [0.4, 0.5) is 0 Å². The Morgan fingerprint density at radius 1 is 0.963 bits per heavy atom. The summed E-state index contributed by atoms with van der Waals surface area (Å²) >= 11 is 0. The largest absolute Gasteiger partial charge is 0.381 e. The molecule has 136 valence electrons. The molecule has 0 aliphatic carbocycles. The van der Waals surface area contributed by atoms with Crippen molar-refractivity contribution in [2.24, 2.45) is 0 Å². The topological polar surface area (TPSA) is 47.8 Å². The fraction of sp³-hybridized carbons (Fsp3) is 0.217. The quantitative estimate of drug-likeness (QED) is 0.498. The van der Waals surface area contributed by atoms with E-state index in [1.54, 1.807) is 18.2 Å². The molecule has 0 amide bonds. The molecule has 1 aromatic carbocycles. The maximum Gasteiger partial charge on any atom is 0.209 e. The molecule has 0 atom stereocenters. The Morgan fingerprint density at radius 2 is 1.81 bits per heavy atom. The molecule has 0 radical (unpaired) electrons. The summed E-state index contributed by atoms with van der Waals surface area (Å²) in [5, 5.41) is 0. The molecule has 3 heterocycles. The van der Waals surface area contributed by atoms with Crippen LogP contribution in [-0.2, 0) is 4.74 Å². The van der Waals surface area contributed by atoms with Crippen molar-refractivity contribution in [3.8, 4) is 0 Å². The van der Waals surface area contributed by atoms with Crippen molar-refractivity contribution < 1.29 is 14.3 Å². The molecule has 0 saturated heterocycles. The molecular weight excluding hydrogens is 338 g/mol. The number of hydrogen-bond acceptors (Lipinski definition) is 3. The number of ether oxygens (including phenoxy) is 1. The van der Waals surface area contributed by atoms with Crippen molar-refractivity contribution in [1.29, 1.82) is 0 Å². The molecule has 27 heavy (non-hydrogen) atoms. The van der Waals surface area contributed by atoms with Crippen LogP contribution in [-0.4, -0.2) is 29.2 Å². The highest BCUT2D eigenvalue weighted by atomic mass is 16.5. The van der Waals surface area contributed by atoms with Gasteiger partial charge in [0.1, 0.15) is 0 Å². The summed E-state index contributed by atoms with van der Waals surface area (Å²) in [6.07, 6.45) is 5.97. The van der Waals surface area contributed by atoms with Crippen molar-refractivity contribution in [1.82, 2.24) is 4.40 Å². The second kappa shape index (κ2) is 7.72. The van der Waals surface area contributed by atoms with Crippen LogP contribution in [0, 0.1) is 0 Å². The van der Waals surface area contributed by atoms with Crippen LogP contribution in [0.15, 0.2) is 72.4 Å². The predicted octanol–water partition coefficient (Wildman–Crippen LogP) is 4.48. The third-order valence-electron chi connectivity index (χ3n) is 4.88. The molecule has 1 aliphatic heterocycles. The van der Waals surface area contributed by atoms with E-state index in [1.807, 2.05) is 47.0 Å². The number of hydrogen-bond donors (Lipinski definition) is 0. The van der Waals surface area contributed by atoms with Gasteiger partial charge >= 0.3 is 0 Å². The highest BCUT2D eigenvalue weighted by Crippen LogP contribution is 2.21. The number of benzene rings is 1. The third kappa shape index (κ3) is 3.76. The molecule has 0 saturated carbocycles. The Balaban J connectivity index is 1.69. The van der Waals surface area contributed by atoms with E-state index in [0.717, 1.165) is 23.9 Å². The summed E-state index contributed by atoms with van der Waals surface area (Å²) in [5.74, 6) is -0.0532. The van der Waals surface area contributed by atoms with Gasteiger partial charge in [-0.3, -0.25) is 9.59 Å². The lowest BCUT2D eigenvalue weighted by Gasteiger charge is -2.10. The van der Waals surface area contributed by atoms with E-state index in [1.165, 1.54) is 0 Å². The summed E-state index contributed by atoms with van der Waals surface area (Å²) < 4.78 is 7.29. The minimum Gasteiger partial charge on any atom is -0.381 e. The van der Waals surface area contributed by atoms with Crippen molar-refractivity contribution in [2.75, 3.05) is 13.2 Å². The number of nitrogens with zero attached hydrogens (tertiary/aromatic N) is 1. The first kappa shape index (κ1) is 17.4. The van der Waals surface area contributed by atoms with E-state index < -0.39 is 0 Å². The van der Waals surface area contributed by atoms with Crippen LogP contribution in [0.25, 0.3) is 5.52 Å². The number of Topliss-reactive ketones (excluding diaryl/α,β-unsaturated/α-hetero) is 1. The average Bonchev–Trinajstić information content (AvgIpc) is 3.04. The molecule has 4 nitrogen and oxygen atoms in total. The number of pyridine rings is 1. The average molecular weight is 359 g/mol. The van der Waals surface area contributed by atoms with Crippen LogP contribution < -0.4 is 0 Å². The van der Waals surface area contributed by atoms with Gasteiger partial charge in [0.25, 0.3) is 0 Å². The second-order valence-electron chi connectivity index (χ2n) is 6.74. The van der Waals surface area contributed by atoms with E-state index in [9.17, 15) is 9.59 Å². The highest BCUT2D eigenvalue weighted by Gasteiger charge is 2.17. The van der Waals surface area contributed by atoms with E-state index >= 15 is 0 Å². The number of carbonyl (C=O) groups excluding carboxylic acids is 2. The Hall–Kier alpha value is -2.98. The van der Waals surface area contributed by atoms with Gasteiger partial charge in [-0.1, -0.05) is 42.0 Å². The molecule has 0 fully saturated rings. The second-order valence-corrected chi connectivity index (χ2v) is 6.74. The molecule has 1 aliphatic rings. The number of ketones is 2. The van der Waals surface area contributed by atoms with Crippen LogP contribution in [0.2, 0.25) is 0 Å². The summed E-state index contributed by atoms with van der Waals surface area (Å²) in [6, 6.07) is 16.5. The first-order valence-electron chi connectivity index (χ1n) is 9.22. The van der Waals surface area contributed by atoms with E-state index in [-0.39, 0.29) is 11.6 Å². The van der Waals surface area contributed by atoms with E-state index in [0.29, 0.717) is 36.5 Å². The normalized spacial score (nSPS) is 14.6. The maximum absolute atomic E-state index is 13.0. The smallest absolute Gasteiger partial charge is 0.209 e. The van der Waals surface area contributed by atoms with Gasteiger partial charge < -0.3 is 9.14 Å². The van der Waals surface area contributed by atoms with Gasteiger partial charge in [-0.15, -0.1) is 0 Å². The molecular formula is C23H21NO3. The molecule has 0 bridgehead atoms. The van der Waals surface area contributed by atoms with Gasteiger partial charge in [-0.05, 0) is 37.1 Å². The van der Waals surface area contributed by atoms with Crippen LogP contribution in [0.1, 0.15) is 45.7 Å². The molecule has 3 aromatic rings. The van der Waals surface area contributed by atoms with Crippen LogP contribution in [0.3, 0.4) is 0 Å². The maximum atomic E-state index is 13.0. The van der Waals surface area contributed by atoms with Crippen molar-refractivity contribution in [3.05, 3.63) is 89.3 Å². The highest BCUT2D eigenvalue weighted by molar-refractivity contribution is 6.10. The molecule has 0 N–H and O–H groups in total.